The number of aliphatic hydroxyl groups excluding tert-OH is 1. The van der Waals surface area contributed by atoms with Gasteiger partial charge >= 0.3 is 6.09 Å². The fourth-order valence-electron chi connectivity index (χ4n) is 3.56. The minimum atomic E-state index is -0.709. The highest BCUT2D eigenvalue weighted by molar-refractivity contribution is 5.76. The maximum absolute atomic E-state index is 12.2. The van der Waals surface area contributed by atoms with Gasteiger partial charge in [-0.15, -0.1) is 0 Å². The molecule has 0 aromatic carbocycles. The molecular weight excluding hydrogens is 344 g/mol. The third-order valence-electron chi connectivity index (χ3n) is 4.83. The fourth-order valence-corrected chi connectivity index (χ4v) is 3.56. The van der Waals surface area contributed by atoms with Crippen LogP contribution in [0.25, 0.3) is 0 Å². The number of ether oxygens (including phenoxy) is 1. The zero-order valence-corrected chi connectivity index (χ0v) is 17.8. The van der Waals surface area contributed by atoms with Crippen molar-refractivity contribution in [2.75, 3.05) is 6.54 Å². The third kappa shape index (κ3) is 11.2. The van der Waals surface area contributed by atoms with E-state index in [0.717, 1.165) is 19.3 Å². The van der Waals surface area contributed by atoms with E-state index in [4.69, 9.17) is 4.74 Å². The predicted molar refractivity (Wildman–Crippen MR) is 107 cm³/mol. The molecule has 158 valence electrons. The number of alkyl carbamates (subject to hydrolysis) is 1. The van der Waals surface area contributed by atoms with Gasteiger partial charge in [-0.1, -0.05) is 46.0 Å². The van der Waals surface area contributed by atoms with Crippen molar-refractivity contribution >= 4 is 12.0 Å². The van der Waals surface area contributed by atoms with E-state index in [1.165, 1.54) is 19.3 Å². The van der Waals surface area contributed by atoms with Crippen LogP contribution in [0.4, 0.5) is 4.79 Å². The number of aliphatic hydroxyl groups is 1. The normalized spacial score (nSPS) is 18.0. The number of carbonyl (C=O) groups excluding carboxylic acids is 2. The molecule has 0 bridgehead atoms. The third-order valence-corrected chi connectivity index (χ3v) is 4.83. The first-order valence-corrected chi connectivity index (χ1v) is 10.5. The number of amides is 2. The summed E-state index contributed by atoms with van der Waals surface area (Å²) in [5, 5.41) is 16.4. The Morgan fingerprint density at radius 3 is 2.33 bits per heavy atom. The quantitative estimate of drug-likeness (QED) is 0.565. The molecule has 1 rings (SSSR count). The van der Waals surface area contributed by atoms with Crippen LogP contribution in [0.2, 0.25) is 0 Å². The van der Waals surface area contributed by atoms with Gasteiger partial charge < -0.3 is 20.5 Å². The molecule has 0 aliphatic heterocycles. The SMILES string of the molecule is CC(C)CC(=O)NCC[C@H](O)[C@H](CC1CCCCC1)NC(=O)OC(C)(C)C. The highest BCUT2D eigenvalue weighted by Crippen LogP contribution is 2.28. The van der Waals surface area contributed by atoms with Gasteiger partial charge in [-0.2, -0.15) is 0 Å². The molecule has 0 spiro atoms. The molecule has 0 radical (unpaired) electrons. The van der Waals surface area contributed by atoms with E-state index in [9.17, 15) is 14.7 Å². The van der Waals surface area contributed by atoms with Crippen molar-refractivity contribution in [3.63, 3.8) is 0 Å². The Labute approximate surface area is 164 Å². The lowest BCUT2D eigenvalue weighted by Gasteiger charge is -2.31. The van der Waals surface area contributed by atoms with E-state index in [-0.39, 0.29) is 11.9 Å². The molecule has 1 aliphatic rings. The zero-order valence-electron chi connectivity index (χ0n) is 17.8. The Balaban J connectivity index is 2.56. The van der Waals surface area contributed by atoms with Crippen molar-refractivity contribution in [2.45, 2.75) is 104 Å². The average Bonchev–Trinajstić information content (AvgIpc) is 2.52. The summed E-state index contributed by atoms with van der Waals surface area (Å²) >= 11 is 0. The number of rotatable bonds is 9. The molecule has 2 atom stereocenters. The summed E-state index contributed by atoms with van der Waals surface area (Å²) in [5.41, 5.74) is -0.574. The second-order valence-corrected chi connectivity index (χ2v) is 9.30. The predicted octanol–water partition coefficient (Wildman–Crippen LogP) is 3.76. The number of hydrogen-bond donors (Lipinski definition) is 3. The first-order valence-electron chi connectivity index (χ1n) is 10.5. The van der Waals surface area contributed by atoms with Crippen LogP contribution in [0.5, 0.6) is 0 Å². The molecule has 0 unspecified atom stereocenters. The van der Waals surface area contributed by atoms with Crippen molar-refractivity contribution in [3.05, 3.63) is 0 Å². The summed E-state index contributed by atoms with van der Waals surface area (Å²) in [6.45, 7) is 9.87. The molecule has 2 amide bonds. The average molecular weight is 385 g/mol. The summed E-state index contributed by atoms with van der Waals surface area (Å²) in [4.78, 5) is 24.0. The van der Waals surface area contributed by atoms with Crippen molar-refractivity contribution in [2.24, 2.45) is 11.8 Å². The van der Waals surface area contributed by atoms with Crippen LogP contribution in [0.15, 0.2) is 0 Å². The van der Waals surface area contributed by atoms with Crippen molar-refractivity contribution in [1.29, 1.82) is 0 Å². The van der Waals surface area contributed by atoms with Gasteiger partial charge in [0.25, 0.3) is 0 Å². The smallest absolute Gasteiger partial charge is 0.407 e. The van der Waals surface area contributed by atoms with E-state index in [0.29, 0.717) is 31.2 Å². The van der Waals surface area contributed by atoms with Gasteiger partial charge in [-0.25, -0.2) is 4.79 Å². The molecule has 0 heterocycles. The minimum Gasteiger partial charge on any atom is -0.444 e. The van der Waals surface area contributed by atoms with Gasteiger partial charge in [0, 0.05) is 13.0 Å². The molecule has 3 N–H and O–H groups in total. The molecule has 1 fully saturated rings. The first-order chi connectivity index (χ1) is 12.6. The number of hydrogen-bond acceptors (Lipinski definition) is 4. The summed E-state index contributed by atoms with van der Waals surface area (Å²) < 4.78 is 5.36. The van der Waals surface area contributed by atoms with Gasteiger partial charge in [0.1, 0.15) is 5.60 Å². The number of nitrogens with one attached hydrogen (secondary N) is 2. The van der Waals surface area contributed by atoms with Crippen LogP contribution in [-0.2, 0) is 9.53 Å². The molecule has 6 nitrogen and oxygen atoms in total. The van der Waals surface area contributed by atoms with Gasteiger partial charge in [0.05, 0.1) is 12.1 Å². The highest BCUT2D eigenvalue weighted by atomic mass is 16.6. The molecule has 1 aliphatic carbocycles. The standard InChI is InChI=1S/C21H40N2O4/c1-15(2)13-19(25)22-12-11-18(24)17(14-16-9-7-6-8-10-16)23-20(26)27-21(3,4)5/h15-18,24H,6-14H2,1-5H3,(H,22,25)(H,23,26)/t17-,18-/m0/s1. The van der Waals surface area contributed by atoms with Crippen molar-refractivity contribution in [3.8, 4) is 0 Å². The molecule has 0 aromatic rings. The van der Waals surface area contributed by atoms with E-state index >= 15 is 0 Å². The topological polar surface area (TPSA) is 87.7 Å². The van der Waals surface area contributed by atoms with Crippen molar-refractivity contribution < 1.29 is 19.4 Å². The molecular formula is C21H40N2O4. The largest absolute Gasteiger partial charge is 0.444 e. The lowest BCUT2D eigenvalue weighted by molar-refractivity contribution is -0.121. The number of carbonyl (C=O) groups is 2. The van der Waals surface area contributed by atoms with Gasteiger partial charge in [-0.05, 0) is 45.4 Å². The maximum atomic E-state index is 12.2. The van der Waals surface area contributed by atoms with E-state index in [2.05, 4.69) is 10.6 Å². The van der Waals surface area contributed by atoms with Gasteiger partial charge in [0.15, 0.2) is 0 Å². The Morgan fingerprint density at radius 2 is 1.78 bits per heavy atom. The first kappa shape index (κ1) is 23.7. The van der Waals surface area contributed by atoms with Crippen LogP contribution in [0.3, 0.4) is 0 Å². The van der Waals surface area contributed by atoms with E-state index in [1.54, 1.807) is 0 Å². The van der Waals surface area contributed by atoms with E-state index < -0.39 is 17.8 Å². The van der Waals surface area contributed by atoms with Crippen LogP contribution in [0, 0.1) is 11.8 Å². The maximum Gasteiger partial charge on any atom is 0.407 e. The van der Waals surface area contributed by atoms with Gasteiger partial charge in [0.2, 0.25) is 5.91 Å². The minimum absolute atomic E-state index is 0.00105. The molecule has 0 saturated heterocycles. The second kappa shape index (κ2) is 11.5. The Morgan fingerprint density at radius 1 is 1.15 bits per heavy atom. The summed E-state index contributed by atoms with van der Waals surface area (Å²) in [7, 11) is 0. The van der Waals surface area contributed by atoms with Crippen LogP contribution in [0.1, 0.15) is 86.0 Å². The summed E-state index contributed by atoms with van der Waals surface area (Å²) in [5.74, 6) is 0.827. The molecule has 6 heteroatoms. The zero-order chi connectivity index (χ0) is 20.4. The summed E-state index contributed by atoms with van der Waals surface area (Å²) in [6, 6.07) is -0.357. The highest BCUT2D eigenvalue weighted by Gasteiger charge is 2.28. The lowest BCUT2D eigenvalue weighted by atomic mass is 9.83. The Kier molecular flexibility index (Phi) is 10.1. The second-order valence-electron chi connectivity index (χ2n) is 9.30. The van der Waals surface area contributed by atoms with Crippen LogP contribution >= 0.6 is 0 Å². The fraction of sp³-hybridized carbons (Fsp3) is 0.905. The van der Waals surface area contributed by atoms with Crippen LogP contribution in [-0.4, -0.2) is 41.4 Å². The van der Waals surface area contributed by atoms with Crippen LogP contribution < -0.4 is 10.6 Å². The Hall–Kier alpha value is -1.30. The lowest BCUT2D eigenvalue weighted by Crippen LogP contribution is -2.47. The Bertz CT molecular complexity index is 454. The van der Waals surface area contributed by atoms with Crippen molar-refractivity contribution in [1.82, 2.24) is 10.6 Å². The van der Waals surface area contributed by atoms with Gasteiger partial charge in [-0.3, -0.25) is 4.79 Å². The molecule has 0 aromatic heterocycles. The molecule has 1 saturated carbocycles. The van der Waals surface area contributed by atoms with E-state index in [1.807, 2.05) is 34.6 Å². The monoisotopic (exact) mass is 384 g/mol. The molecule has 27 heavy (non-hydrogen) atoms. The summed E-state index contributed by atoms with van der Waals surface area (Å²) in [6.07, 6.45) is 6.43.